The molecule has 0 aliphatic rings. The summed E-state index contributed by atoms with van der Waals surface area (Å²) in [7, 11) is 0. The molecule has 4 rings (SSSR count). The highest BCUT2D eigenvalue weighted by Crippen LogP contribution is 2.21. The predicted molar refractivity (Wildman–Crippen MR) is 85.0 cm³/mol. The van der Waals surface area contributed by atoms with Gasteiger partial charge in [-0.2, -0.15) is 0 Å². The third kappa shape index (κ3) is 2.13. The Labute approximate surface area is 126 Å². The first-order chi connectivity index (χ1) is 10.7. The van der Waals surface area contributed by atoms with Gasteiger partial charge in [0.05, 0.1) is 0 Å². The zero-order chi connectivity index (χ0) is 15.1. The van der Waals surface area contributed by atoms with Crippen molar-refractivity contribution in [3.8, 4) is 0 Å². The maximum absolute atomic E-state index is 12.4. The van der Waals surface area contributed by atoms with E-state index in [2.05, 4.69) is 15.3 Å². The van der Waals surface area contributed by atoms with E-state index in [9.17, 15) is 4.79 Å². The van der Waals surface area contributed by atoms with Gasteiger partial charge < -0.3 is 14.7 Å². The number of carbonyl (C=O) groups excluding carboxylic acids is 1. The maximum atomic E-state index is 12.4. The van der Waals surface area contributed by atoms with Crippen molar-refractivity contribution in [1.82, 2.24) is 9.97 Å². The van der Waals surface area contributed by atoms with E-state index in [1.807, 2.05) is 30.5 Å². The van der Waals surface area contributed by atoms with Crippen molar-refractivity contribution in [1.29, 1.82) is 0 Å². The van der Waals surface area contributed by atoms with Crippen LogP contribution in [0.2, 0.25) is 0 Å². The minimum Gasteiger partial charge on any atom is -0.441 e. The minimum absolute atomic E-state index is 0.156. The van der Waals surface area contributed by atoms with Crippen LogP contribution >= 0.6 is 0 Å². The van der Waals surface area contributed by atoms with Crippen molar-refractivity contribution >= 4 is 33.6 Å². The highest BCUT2D eigenvalue weighted by Gasteiger charge is 2.09. The normalized spacial score (nSPS) is 11.1. The number of aryl methyl sites for hydroxylation is 1. The number of nitrogens with zero attached hydrogens (tertiary/aromatic N) is 1. The monoisotopic (exact) mass is 291 g/mol. The average Bonchev–Trinajstić information content (AvgIpc) is 3.10. The van der Waals surface area contributed by atoms with Gasteiger partial charge in [-0.3, -0.25) is 4.79 Å². The second kappa shape index (κ2) is 4.73. The SMILES string of the molecule is Cc1nc2cc(NC(=O)c3ccc4cc[nH]c4c3)ccc2o1. The van der Waals surface area contributed by atoms with Gasteiger partial charge in [-0.15, -0.1) is 0 Å². The largest absolute Gasteiger partial charge is 0.441 e. The molecule has 22 heavy (non-hydrogen) atoms. The number of hydrogen-bond donors (Lipinski definition) is 2. The summed E-state index contributed by atoms with van der Waals surface area (Å²) < 4.78 is 5.42. The van der Waals surface area contributed by atoms with E-state index < -0.39 is 0 Å². The van der Waals surface area contributed by atoms with Gasteiger partial charge >= 0.3 is 0 Å². The number of fused-ring (bicyclic) bond motifs is 2. The van der Waals surface area contributed by atoms with E-state index in [1.165, 1.54) is 0 Å². The topological polar surface area (TPSA) is 70.9 Å². The highest BCUT2D eigenvalue weighted by molar-refractivity contribution is 6.06. The lowest BCUT2D eigenvalue weighted by molar-refractivity contribution is 0.102. The molecule has 0 spiro atoms. The maximum Gasteiger partial charge on any atom is 0.255 e. The van der Waals surface area contributed by atoms with Crippen LogP contribution in [0.25, 0.3) is 22.0 Å². The fourth-order valence-electron chi connectivity index (χ4n) is 2.51. The average molecular weight is 291 g/mol. The van der Waals surface area contributed by atoms with E-state index >= 15 is 0 Å². The molecule has 0 saturated heterocycles. The van der Waals surface area contributed by atoms with Crippen LogP contribution in [-0.4, -0.2) is 15.9 Å². The molecule has 2 N–H and O–H groups in total. The van der Waals surface area contributed by atoms with Crippen LogP contribution in [0, 0.1) is 6.92 Å². The summed E-state index contributed by atoms with van der Waals surface area (Å²) in [5.41, 5.74) is 3.68. The van der Waals surface area contributed by atoms with Crippen molar-refractivity contribution in [2.24, 2.45) is 0 Å². The Morgan fingerprint density at radius 1 is 1.18 bits per heavy atom. The Morgan fingerprint density at radius 2 is 2.09 bits per heavy atom. The summed E-state index contributed by atoms with van der Waals surface area (Å²) in [5.74, 6) is 0.451. The third-order valence-corrected chi connectivity index (χ3v) is 3.57. The first-order valence-corrected chi connectivity index (χ1v) is 6.95. The molecule has 108 valence electrons. The van der Waals surface area contributed by atoms with Gasteiger partial charge in [-0.25, -0.2) is 4.98 Å². The lowest BCUT2D eigenvalue weighted by Gasteiger charge is -2.05. The van der Waals surface area contributed by atoms with Crippen molar-refractivity contribution in [2.45, 2.75) is 6.92 Å². The van der Waals surface area contributed by atoms with Gasteiger partial charge in [0.2, 0.25) is 0 Å². The molecule has 0 radical (unpaired) electrons. The number of benzene rings is 2. The number of H-pyrrole nitrogens is 1. The molecular formula is C17H13N3O2. The van der Waals surface area contributed by atoms with Crippen molar-refractivity contribution in [3.63, 3.8) is 0 Å². The van der Waals surface area contributed by atoms with Gasteiger partial charge in [0.15, 0.2) is 11.5 Å². The number of aromatic nitrogens is 2. The molecule has 0 atom stereocenters. The number of carbonyl (C=O) groups is 1. The van der Waals surface area contributed by atoms with Gasteiger partial charge in [0.25, 0.3) is 5.91 Å². The zero-order valence-corrected chi connectivity index (χ0v) is 11.9. The third-order valence-electron chi connectivity index (χ3n) is 3.57. The summed E-state index contributed by atoms with van der Waals surface area (Å²) in [4.78, 5) is 19.7. The predicted octanol–water partition coefficient (Wildman–Crippen LogP) is 3.87. The van der Waals surface area contributed by atoms with Crippen LogP contribution in [-0.2, 0) is 0 Å². The van der Waals surface area contributed by atoms with E-state index in [0.717, 1.165) is 16.4 Å². The Balaban J connectivity index is 1.64. The van der Waals surface area contributed by atoms with Gasteiger partial charge in [-0.05, 0) is 41.8 Å². The smallest absolute Gasteiger partial charge is 0.255 e. The first-order valence-electron chi connectivity index (χ1n) is 6.95. The summed E-state index contributed by atoms with van der Waals surface area (Å²) in [5, 5.41) is 3.96. The molecule has 4 aromatic rings. The lowest BCUT2D eigenvalue weighted by Crippen LogP contribution is -2.11. The molecule has 1 amide bonds. The Bertz CT molecular complexity index is 997. The second-order valence-corrected chi connectivity index (χ2v) is 5.15. The molecule has 5 heteroatoms. The highest BCUT2D eigenvalue weighted by atomic mass is 16.3. The number of nitrogens with one attached hydrogen (secondary N) is 2. The van der Waals surface area contributed by atoms with Gasteiger partial charge in [0.1, 0.15) is 5.52 Å². The number of rotatable bonds is 2. The zero-order valence-electron chi connectivity index (χ0n) is 11.9. The number of anilines is 1. The molecule has 0 saturated carbocycles. The van der Waals surface area contributed by atoms with Gasteiger partial charge in [-0.1, -0.05) is 6.07 Å². The van der Waals surface area contributed by atoms with E-state index in [0.29, 0.717) is 22.7 Å². The lowest BCUT2D eigenvalue weighted by atomic mass is 10.1. The second-order valence-electron chi connectivity index (χ2n) is 5.15. The van der Waals surface area contributed by atoms with Crippen LogP contribution in [0.1, 0.15) is 16.2 Å². The van der Waals surface area contributed by atoms with E-state index in [-0.39, 0.29) is 5.91 Å². The first kappa shape index (κ1) is 12.6. The van der Waals surface area contributed by atoms with E-state index in [1.54, 1.807) is 25.1 Å². The molecule has 0 bridgehead atoms. The quantitative estimate of drug-likeness (QED) is 0.589. The summed E-state index contributed by atoms with van der Waals surface area (Å²) in [6.07, 6.45) is 1.85. The van der Waals surface area contributed by atoms with Crippen LogP contribution in [0.15, 0.2) is 53.1 Å². The number of aromatic amines is 1. The molecule has 0 unspecified atom stereocenters. The molecule has 0 aliphatic carbocycles. The molecule has 0 aliphatic heterocycles. The van der Waals surface area contributed by atoms with Crippen LogP contribution in [0.4, 0.5) is 5.69 Å². The van der Waals surface area contributed by atoms with Gasteiger partial charge in [0, 0.05) is 29.9 Å². The molecule has 2 heterocycles. The number of oxazole rings is 1. The van der Waals surface area contributed by atoms with Crippen LogP contribution in [0.5, 0.6) is 0 Å². The Morgan fingerprint density at radius 3 is 3.00 bits per heavy atom. The fourth-order valence-corrected chi connectivity index (χ4v) is 2.51. The summed E-state index contributed by atoms with van der Waals surface area (Å²) >= 11 is 0. The Kier molecular flexibility index (Phi) is 2.72. The van der Waals surface area contributed by atoms with Crippen molar-refractivity contribution in [3.05, 3.63) is 60.1 Å². The molecule has 2 aromatic carbocycles. The number of amides is 1. The minimum atomic E-state index is -0.156. The van der Waals surface area contributed by atoms with Crippen molar-refractivity contribution < 1.29 is 9.21 Å². The molecule has 2 aromatic heterocycles. The molecule has 5 nitrogen and oxygen atoms in total. The number of hydrogen-bond acceptors (Lipinski definition) is 3. The standard InChI is InChI=1S/C17H13N3O2/c1-10-19-15-9-13(4-5-16(15)22-10)20-17(21)12-3-2-11-6-7-18-14(11)8-12/h2-9,18H,1H3,(H,20,21). The van der Waals surface area contributed by atoms with E-state index in [4.69, 9.17) is 4.42 Å². The fraction of sp³-hybridized carbons (Fsp3) is 0.0588. The van der Waals surface area contributed by atoms with Crippen molar-refractivity contribution in [2.75, 3.05) is 5.32 Å². The summed E-state index contributed by atoms with van der Waals surface area (Å²) in [6, 6.07) is 12.9. The molecule has 0 fully saturated rings. The Hall–Kier alpha value is -3.08. The molecular weight excluding hydrogens is 278 g/mol. The summed E-state index contributed by atoms with van der Waals surface area (Å²) in [6.45, 7) is 1.80. The van der Waals surface area contributed by atoms with Crippen LogP contribution < -0.4 is 5.32 Å². The van der Waals surface area contributed by atoms with Crippen LogP contribution in [0.3, 0.4) is 0 Å².